The molecule has 0 aliphatic carbocycles. The van der Waals surface area contributed by atoms with Crippen LogP contribution in [-0.2, 0) is 0 Å². The summed E-state index contributed by atoms with van der Waals surface area (Å²) in [4.78, 5) is 0. The summed E-state index contributed by atoms with van der Waals surface area (Å²) in [5.41, 5.74) is 3.21. The van der Waals surface area contributed by atoms with Crippen LogP contribution in [0.5, 0.6) is 0 Å². The molecular weight excluding hydrogens is 124 g/mol. The monoisotopic (exact) mass is 136 g/mol. The Balaban J connectivity index is 3.70. The van der Waals surface area contributed by atoms with Crippen molar-refractivity contribution in [2.75, 3.05) is 0 Å². The largest absolute Gasteiger partial charge is 0.465 e. The predicted octanol–water partition coefficient (Wildman–Crippen LogP) is 1.19. The highest BCUT2D eigenvalue weighted by Gasteiger charge is 1.93. The first-order chi connectivity index (χ1) is 4.63. The molecule has 1 heterocycles. The van der Waals surface area contributed by atoms with E-state index in [1.54, 1.807) is 6.26 Å². The van der Waals surface area contributed by atoms with Crippen molar-refractivity contribution in [3.05, 3.63) is 22.5 Å². The van der Waals surface area contributed by atoms with E-state index in [2.05, 4.69) is 20.4 Å². The molecule has 10 heavy (non-hydrogen) atoms. The van der Waals surface area contributed by atoms with E-state index >= 15 is 0 Å². The van der Waals surface area contributed by atoms with Crippen molar-refractivity contribution < 1.29 is 4.42 Å². The zero-order chi connectivity index (χ0) is 7.72. The smallest absolute Gasteiger partial charge is 0.126 e. The summed E-state index contributed by atoms with van der Waals surface area (Å²) in [5, 5.41) is 1.17. The Hall–Kier alpha value is -0.980. The van der Waals surface area contributed by atoms with E-state index in [0.717, 1.165) is 5.42 Å². The van der Waals surface area contributed by atoms with Gasteiger partial charge in [0.05, 0.1) is 6.26 Å². The molecule has 0 aliphatic rings. The quantitative estimate of drug-likeness (QED) is 0.522. The van der Waals surface area contributed by atoms with Gasteiger partial charge in [-0.15, -0.1) is 0 Å². The van der Waals surface area contributed by atoms with Crippen LogP contribution >= 0.6 is 0 Å². The molecule has 0 N–H and O–H groups in total. The Bertz CT molecular complexity index is 326. The molecule has 54 valence electrons. The molecule has 1 nitrogen and oxygen atoms in total. The van der Waals surface area contributed by atoms with Gasteiger partial charge in [0.2, 0.25) is 0 Å². The van der Waals surface area contributed by atoms with Gasteiger partial charge in [-0.3, -0.25) is 0 Å². The minimum atomic E-state index is 0.775. The standard InChI is InChI=1S/C9H12O/c1-6(2)9-7(3)5-10-8(9)4/h5H,4H2,1-3H3. The fourth-order valence-corrected chi connectivity index (χ4v) is 1.17. The first-order valence-electron chi connectivity index (χ1n) is 3.33. The van der Waals surface area contributed by atoms with Crippen molar-refractivity contribution in [2.24, 2.45) is 0 Å². The van der Waals surface area contributed by atoms with Gasteiger partial charge in [-0.25, -0.2) is 0 Å². The second-order valence-electron chi connectivity index (χ2n) is 2.72. The van der Waals surface area contributed by atoms with Crippen molar-refractivity contribution in [3.63, 3.8) is 0 Å². The third-order valence-electron chi connectivity index (χ3n) is 1.55. The summed E-state index contributed by atoms with van der Waals surface area (Å²) in [6.07, 6.45) is 1.74. The lowest BCUT2D eigenvalue weighted by Crippen LogP contribution is -2.21. The van der Waals surface area contributed by atoms with Crippen LogP contribution in [0.25, 0.3) is 12.2 Å². The van der Waals surface area contributed by atoms with Crippen LogP contribution in [0.2, 0.25) is 0 Å². The fraction of sp³-hybridized carbons (Fsp3) is 0.333. The average Bonchev–Trinajstić information content (AvgIpc) is 2.11. The molecule has 1 rings (SSSR count). The van der Waals surface area contributed by atoms with Gasteiger partial charge in [0, 0.05) is 5.22 Å². The average molecular weight is 136 g/mol. The maximum Gasteiger partial charge on any atom is 0.126 e. The molecule has 1 heteroatoms. The number of hydrogen-bond donors (Lipinski definition) is 0. The molecule has 0 aromatic carbocycles. The van der Waals surface area contributed by atoms with Gasteiger partial charge in [-0.2, -0.15) is 0 Å². The Labute approximate surface area is 60.7 Å². The Morgan fingerprint density at radius 3 is 2.30 bits per heavy atom. The fourth-order valence-electron chi connectivity index (χ4n) is 1.17. The zero-order valence-corrected chi connectivity index (χ0v) is 6.69. The number of hydrogen-bond acceptors (Lipinski definition) is 1. The van der Waals surface area contributed by atoms with Crippen LogP contribution < -0.4 is 10.6 Å². The van der Waals surface area contributed by atoms with Crippen LogP contribution in [0.3, 0.4) is 0 Å². The maximum absolute atomic E-state index is 5.12. The summed E-state index contributed by atoms with van der Waals surface area (Å²) in [5.74, 6) is 0. The van der Waals surface area contributed by atoms with E-state index in [4.69, 9.17) is 4.42 Å². The normalized spacial score (nSPS) is 9.90. The molecule has 0 saturated heterocycles. The molecule has 0 saturated carbocycles. The second kappa shape index (κ2) is 2.33. The van der Waals surface area contributed by atoms with Crippen molar-refractivity contribution in [3.8, 4) is 0 Å². The van der Waals surface area contributed by atoms with E-state index in [9.17, 15) is 0 Å². The van der Waals surface area contributed by atoms with E-state index in [0.29, 0.717) is 0 Å². The lowest BCUT2D eigenvalue weighted by molar-refractivity contribution is 0.531. The second-order valence-corrected chi connectivity index (χ2v) is 2.72. The topological polar surface area (TPSA) is 13.1 Å². The van der Waals surface area contributed by atoms with Gasteiger partial charge >= 0.3 is 0 Å². The highest BCUT2D eigenvalue weighted by Crippen LogP contribution is 1.89. The molecule has 1 aromatic heterocycles. The SMILES string of the molecule is C=c1occ(C)c1=C(C)C. The summed E-state index contributed by atoms with van der Waals surface area (Å²) in [6.45, 7) is 9.93. The Morgan fingerprint density at radius 1 is 1.50 bits per heavy atom. The molecular formula is C9H12O. The summed E-state index contributed by atoms with van der Waals surface area (Å²) < 4.78 is 5.12. The highest BCUT2D eigenvalue weighted by molar-refractivity contribution is 5.40. The van der Waals surface area contributed by atoms with E-state index in [-0.39, 0.29) is 0 Å². The third kappa shape index (κ3) is 0.991. The molecule has 0 bridgehead atoms. The van der Waals surface area contributed by atoms with Gasteiger partial charge in [0.25, 0.3) is 0 Å². The minimum Gasteiger partial charge on any atom is -0.465 e. The third-order valence-corrected chi connectivity index (χ3v) is 1.55. The first kappa shape index (κ1) is 7.13. The number of aryl methyl sites for hydroxylation is 1. The lowest BCUT2D eigenvalue weighted by atomic mass is 10.2. The van der Waals surface area contributed by atoms with Gasteiger partial charge in [-0.05, 0) is 26.3 Å². The van der Waals surface area contributed by atoms with Crippen LogP contribution in [0.1, 0.15) is 19.4 Å². The lowest BCUT2D eigenvalue weighted by Gasteiger charge is -1.84. The molecule has 0 aliphatic heterocycles. The van der Waals surface area contributed by atoms with Crippen molar-refractivity contribution in [2.45, 2.75) is 20.8 Å². The molecule has 0 amide bonds. The minimum absolute atomic E-state index is 0.775. The summed E-state index contributed by atoms with van der Waals surface area (Å²) >= 11 is 0. The summed E-state index contributed by atoms with van der Waals surface area (Å²) in [6, 6.07) is 0. The molecule has 0 radical (unpaired) electrons. The van der Waals surface area contributed by atoms with Gasteiger partial charge in [-0.1, -0.05) is 12.2 Å². The molecule has 0 atom stereocenters. The maximum atomic E-state index is 5.12. The van der Waals surface area contributed by atoms with Gasteiger partial charge < -0.3 is 4.42 Å². The zero-order valence-electron chi connectivity index (χ0n) is 6.69. The molecule has 0 spiro atoms. The molecule has 0 fully saturated rings. The molecule has 0 unspecified atom stereocenters. The first-order valence-corrected chi connectivity index (χ1v) is 3.33. The number of furan rings is 1. The van der Waals surface area contributed by atoms with Crippen molar-refractivity contribution in [1.29, 1.82) is 0 Å². The summed E-state index contributed by atoms with van der Waals surface area (Å²) in [7, 11) is 0. The van der Waals surface area contributed by atoms with Crippen molar-refractivity contribution in [1.82, 2.24) is 0 Å². The predicted molar refractivity (Wildman–Crippen MR) is 43.0 cm³/mol. The van der Waals surface area contributed by atoms with E-state index < -0.39 is 0 Å². The molecule has 1 aromatic rings. The van der Waals surface area contributed by atoms with Crippen LogP contribution in [0.4, 0.5) is 0 Å². The van der Waals surface area contributed by atoms with E-state index in [1.165, 1.54) is 16.4 Å². The van der Waals surface area contributed by atoms with E-state index in [1.807, 2.05) is 6.92 Å². The number of rotatable bonds is 0. The van der Waals surface area contributed by atoms with Crippen molar-refractivity contribution >= 4 is 12.2 Å². The van der Waals surface area contributed by atoms with Crippen LogP contribution in [0, 0.1) is 6.92 Å². The van der Waals surface area contributed by atoms with Crippen LogP contribution in [0.15, 0.2) is 10.7 Å². The van der Waals surface area contributed by atoms with Gasteiger partial charge in [0.1, 0.15) is 5.42 Å². The van der Waals surface area contributed by atoms with Gasteiger partial charge in [0.15, 0.2) is 0 Å². The van der Waals surface area contributed by atoms with Crippen LogP contribution in [-0.4, -0.2) is 0 Å². The Morgan fingerprint density at radius 2 is 2.10 bits per heavy atom. The Kier molecular flexibility index (Phi) is 1.66. The highest BCUT2D eigenvalue weighted by atomic mass is 16.3.